The molecule has 190 valence electrons. The summed E-state index contributed by atoms with van der Waals surface area (Å²) in [6, 6.07) is -0.603. The highest BCUT2D eigenvalue weighted by molar-refractivity contribution is 5.89. The number of esters is 1. The number of amides is 2. The summed E-state index contributed by atoms with van der Waals surface area (Å²) in [6.07, 6.45) is -1.36. The lowest BCUT2D eigenvalue weighted by atomic mass is 10.0. The summed E-state index contributed by atoms with van der Waals surface area (Å²) in [6.45, 7) is 18.2. The zero-order valence-electron chi connectivity index (χ0n) is 21.9. The molecule has 2 N–H and O–H groups in total. The molecule has 33 heavy (non-hydrogen) atoms. The minimum absolute atomic E-state index is 0.0873. The molecule has 11 nitrogen and oxygen atoms in total. The first kappa shape index (κ1) is 30.3. The Morgan fingerprint density at radius 3 is 1.45 bits per heavy atom. The number of hydrogen-bond donors (Lipinski definition) is 2. The molecule has 0 fully saturated rings. The van der Waals surface area contributed by atoms with Gasteiger partial charge in [-0.25, -0.2) is 20.4 Å². The van der Waals surface area contributed by atoms with Gasteiger partial charge in [-0.2, -0.15) is 10.2 Å². The monoisotopic (exact) mass is 471 g/mol. The molecule has 0 aliphatic carbocycles. The number of methoxy groups -OCH3 is 1. The third-order valence-corrected chi connectivity index (χ3v) is 3.81. The van der Waals surface area contributed by atoms with Crippen LogP contribution in [0.2, 0.25) is 0 Å². The zero-order valence-corrected chi connectivity index (χ0v) is 21.9. The molecule has 0 aromatic rings. The molecule has 0 aliphatic rings. The Bertz CT molecular complexity index is 687. The number of hydrogen-bond acceptors (Lipinski definition) is 9. The standard InChI is InChI=1S/C22H41N5O6/c1-14(2)17(18(28)31-11)27(12-15(3)23-25-19(29)32-21(5,6)7)13-16(4)24-26-20(30)33-22(8,9)10/h14,17H,12-13H2,1-11H3,(H,25,29)(H,26,30)/b23-15+,24-16+. The van der Waals surface area contributed by atoms with E-state index >= 15 is 0 Å². The van der Waals surface area contributed by atoms with Crippen molar-refractivity contribution in [2.45, 2.75) is 86.5 Å². The maximum atomic E-state index is 12.5. The Hall–Kier alpha value is -2.69. The number of rotatable bonds is 9. The molecule has 0 saturated heterocycles. The second kappa shape index (κ2) is 13.1. The van der Waals surface area contributed by atoms with Crippen LogP contribution in [-0.4, -0.2) is 71.9 Å². The lowest BCUT2D eigenvalue weighted by molar-refractivity contribution is -0.148. The van der Waals surface area contributed by atoms with Crippen molar-refractivity contribution in [3.63, 3.8) is 0 Å². The van der Waals surface area contributed by atoms with Crippen molar-refractivity contribution in [2.24, 2.45) is 16.1 Å². The van der Waals surface area contributed by atoms with E-state index in [1.54, 1.807) is 55.4 Å². The highest BCUT2D eigenvalue weighted by Gasteiger charge is 2.31. The van der Waals surface area contributed by atoms with E-state index in [4.69, 9.17) is 14.2 Å². The van der Waals surface area contributed by atoms with Gasteiger partial charge in [0, 0.05) is 24.5 Å². The highest BCUT2D eigenvalue weighted by atomic mass is 16.6. The van der Waals surface area contributed by atoms with Crippen LogP contribution in [-0.2, 0) is 19.0 Å². The Morgan fingerprint density at radius 2 is 1.18 bits per heavy atom. The van der Waals surface area contributed by atoms with Crippen molar-refractivity contribution in [3.05, 3.63) is 0 Å². The fourth-order valence-electron chi connectivity index (χ4n) is 2.76. The van der Waals surface area contributed by atoms with E-state index in [-0.39, 0.29) is 19.0 Å². The molecule has 1 atom stereocenters. The van der Waals surface area contributed by atoms with Gasteiger partial charge in [-0.1, -0.05) is 13.8 Å². The van der Waals surface area contributed by atoms with Crippen LogP contribution in [0.25, 0.3) is 0 Å². The minimum atomic E-state index is -0.680. The van der Waals surface area contributed by atoms with Crippen molar-refractivity contribution in [1.29, 1.82) is 0 Å². The number of nitrogens with one attached hydrogen (secondary N) is 2. The fourth-order valence-corrected chi connectivity index (χ4v) is 2.76. The topological polar surface area (TPSA) is 131 Å². The first-order chi connectivity index (χ1) is 14.9. The van der Waals surface area contributed by atoms with Gasteiger partial charge < -0.3 is 14.2 Å². The molecule has 0 aromatic heterocycles. The number of hydrazone groups is 2. The summed E-state index contributed by atoms with van der Waals surface area (Å²) in [5, 5.41) is 8.13. The molecular formula is C22H41N5O6. The first-order valence-corrected chi connectivity index (χ1v) is 10.8. The van der Waals surface area contributed by atoms with E-state index in [2.05, 4.69) is 21.1 Å². The van der Waals surface area contributed by atoms with Crippen molar-refractivity contribution < 1.29 is 28.6 Å². The van der Waals surface area contributed by atoms with Crippen molar-refractivity contribution >= 4 is 29.6 Å². The highest BCUT2D eigenvalue weighted by Crippen LogP contribution is 2.14. The van der Waals surface area contributed by atoms with Crippen molar-refractivity contribution in [2.75, 3.05) is 20.2 Å². The second-order valence-corrected chi connectivity index (χ2v) is 10.0. The molecule has 0 aromatic carbocycles. The molecule has 0 heterocycles. The Kier molecular flexibility index (Phi) is 12.1. The van der Waals surface area contributed by atoms with Crippen LogP contribution in [0.15, 0.2) is 10.2 Å². The summed E-state index contributed by atoms with van der Waals surface area (Å²) < 4.78 is 15.3. The molecule has 2 amide bonds. The van der Waals surface area contributed by atoms with E-state index in [0.29, 0.717) is 11.4 Å². The van der Waals surface area contributed by atoms with E-state index in [9.17, 15) is 14.4 Å². The van der Waals surface area contributed by atoms with E-state index in [1.807, 2.05) is 18.7 Å². The fraction of sp³-hybridized carbons (Fsp3) is 0.773. The summed E-state index contributed by atoms with van der Waals surface area (Å²) in [5.74, 6) is -0.499. The van der Waals surface area contributed by atoms with Crippen LogP contribution in [0.3, 0.4) is 0 Å². The predicted molar refractivity (Wildman–Crippen MR) is 127 cm³/mol. The van der Waals surface area contributed by atoms with Crippen molar-refractivity contribution in [3.8, 4) is 0 Å². The van der Waals surface area contributed by atoms with Gasteiger partial charge in [0.15, 0.2) is 0 Å². The minimum Gasteiger partial charge on any atom is -0.468 e. The smallest absolute Gasteiger partial charge is 0.428 e. The number of carbonyl (C=O) groups is 3. The first-order valence-electron chi connectivity index (χ1n) is 10.8. The molecule has 0 bridgehead atoms. The largest absolute Gasteiger partial charge is 0.468 e. The molecule has 0 radical (unpaired) electrons. The molecule has 0 spiro atoms. The third-order valence-electron chi connectivity index (χ3n) is 3.81. The Labute approximate surface area is 197 Å². The van der Waals surface area contributed by atoms with Gasteiger partial charge in [-0.3, -0.25) is 9.69 Å². The lowest BCUT2D eigenvalue weighted by Gasteiger charge is -2.32. The van der Waals surface area contributed by atoms with Crippen LogP contribution in [0.4, 0.5) is 9.59 Å². The summed E-state index contributed by atoms with van der Waals surface area (Å²) >= 11 is 0. The van der Waals surface area contributed by atoms with E-state index < -0.39 is 35.4 Å². The van der Waals surface area contributed by atoms with Crippen LogP contribution in [0.5, 0.6) is 0 Å². The van der Waals surface area contributed by atoms with Gasteiger partial charge in [0.1, 0.15) is 17.2 Å². The maximum Gasteiger partial charge on any atom is 0.428 e. The Balaban J connectivity index is 5.51. The molecule has 11 heteroatoms. The normalized spacial score (nSPS) is 14.1. The van der Waals surface area contributed by atoms with E-state index in [0.717, 1.165) is 0 Å². The average molecular weight is 472 g/mol. The third kappa shape index (κ3) is 14.1. The molecular weight excluding hydrogens is 430 g/mol. The van der Waals surface area contributed by atoms with Gasteiger partial charge >= 0.3 is 18.2 Å². The zero-order chi connectivity index (χ0) is 26.0. The summed E-state index contributed by atoms with van der Waals surface area (Å²) in [5.41, 5.74) is 4.46. The number of ether oxygens (including phenoxy) is 3. The quantitative estimate of drug-likeness (QED) is 0.228. The van der Waals surface area contributed by atoms with Crippen LogP contribution in [0.1, 0.15) is 69.2 Å². The van der Waals surface area contributed by atoms with Gasteiger partial charge in [-0.15, -0.1) is 0 Å². The molecule has 1 unspecified atom stereocenters. The molecule has 0 saturated carbocycles. The van der Waals surface area contributed by atoms with Gasteiger partial charge in [0.25, 0.3) is 0 Å². The van der Waals surface area contributed by atoms with Crippen LogP contribution < -0.4 is 10.9 Å². The van der Waals surface area contributed by atoms with Crippen LogP contribution >= 0.6 is 0 Å². The maximum absolute atomic E-state index is 12.5. The number of nitrogens with zero attached hydrogens (tertiary/aromatic N) is 3. The van der Waals surface area contributed by atoms with Crippen molar-refractivity contribution in [1.82, 2.24) is 15.8 Å². The van der Waals surface area contributed by atoms with Gasteiger partial charge in [-0.05, 0) is 61.3 Å². The molecule has 0 rings (SSSR count). The van der Waals surface area contributed by atoms with E-state index in [1.165, 1.54) is 7.11 Å². The lowest BCUT2D eigenvalue weighted by Crippen LogP contribution is -2.49. The summed E-state index contributed by atoms with van der Waals surface area (Å²) in [4.78, 5) is 38.0. The number of carbonyl (C=O) groups excluding carboxylic acids is 3. The average Bonchev–Trinajstić information content (AvgIpc) is 2.61. The second-order valence-electron chi connectivity index (χ2n) is 10.0. The molecule has 0 aliphatic heterocycles. The predicted octanol–water partition coefficient (Wildman–Crippen LogP) is 3.29. The van der Waals surface area contributed by atoms with Gasteiger partial charge in [0.2, 0.25) is 0 Å². The summed E-state index contributed by atoms with van der Waals surface area (Å²) in [7, 11) is 1.33. The van der Waals surface area contributed by atoms with Crippen LogP contribution in [0, 0.1) is 5.92 Å². The Morgan fingerprint density at radius 1 is 0.818 bits per heavy atom. The SMILES string of the molecule is COC(=O)C(C(C)C)N(C/C(C)=N/NC(=O)OC(C)(C)C)C/C(C)=N/NC(=O)OC(C)(C)C. The van der Waals surface area contributed by atoms with Gasteiger partial charge in [0.05, 0.1) is 7.11 Å².